The number of nitrogens with two attached hydrogens (primary N) is 2. The highest BCUT2D eigenvalue weighted by Gasteiger charge is 2.48. The van der Waals surface area contributed by atoms with Crippen LogP contribution in [-0.2, 0) is 44.5 Å². The molecule has 0 aliphatic carbocycles. The van der Waals surface area contributed by atoms with Gasteiger partial charge in [0.25, 0.3) is 5.56 Å². The topological polar surface area (TPSA) is 244 Å². The van der Waals surface area contributed by atoms with Crippen molar-refractivity contribution in [1.29, 1.82) is 0 Å². The molecule has 2 fully saturated rings. The van der Waals surface area contributed by atoms with Gasteiger partial charge in [-0.3, -0.25) is 18.9 Å². The van der Waals surface area contributed by atoms with Crippen LogP contribution in [0.25, 0.3) is 22.3 Å². The summed E-state index contributed by atoms with van der Waals surface area (Å²) in [5, 5.41) is 0. The van der Waals surface area contributed by atoms with E-state index in [0.717, 1.165) is 0 Å². The summed E-state index contributed by atoms with van der Waals surface area (Å²) >= 11 is 5.43. The van der Waals surface area contributed by atoms with E-state index in [1.54, 1.807) is 18.0 Å². The van der Waals surface area contributed by atoms with Gasteiger partial charge in [-0.15, -0.1) is 0 Å². The van der Waals surface area contributed by atoms with Crippen LogP contribution in [0.5, 0.6) is 0 Å². The molecule has 21 heteroatoms. The first-order valence-corrected chi connectivity index (χ1v) is 17.0. The Morgan fingerprint density at radius 2 is 1.85 bits per heavy atom. The summed E-state index contributed by atoms with van der Waals surface area (Å²) in [4.78, 5) is 47.0. The van der Waals surface area contributed by atoms with E-state index < -0.39 is 55.3 Å². The smallest absolute Gasteiger partial charge is 0.324 e. The van der Waals surface area contributed by atoms with Crippen LogP contribution in [0.15, 0.2) is 23.8 Å². The fourth-order valence-electron chi connectivity index (χ4n) is 5.72. The Kier molecular flexibility index (Phi) is 9.62. The molecule has 4 aromatic rings. The number of hydrogen-bond donors (Lipinski definition) is 4. The second-order valence-corrected chi connectivity index (χ2v) is 13.4. The maximum atomic E-state index is 12.4. The second kappa shape index (κ2) is 13.5. The molecular weight excluding hydrogens is 647 g/mol. The molecular formula is C25H35N10O9PS. The van der Waals surface area contributed by atoms with Crippen molar-refractivity contribution in [3.63, 3.8) is 0 Å². The molecule has 0 amide bonds. The molecule has 46 heavy (non-hydrogen) atoms. The maximum Gasteiger partial charge on any atom is 0.324 e. The number of rotatable bonds is 13. The number of ether oxygens (including phenoxy) is 5. The van der Waals surface area contributed by atoms with Crippen molar-refractivity contribution < 1.29 is 37.6 Å². The largest absolute Gasteiger partial charge is 0.382 e. The van der Waals surface area contributed by atoms with Gasteiger partial charge < -0.3 is 49.1 Å². The van der Waals surface area contributed by atoms with Crippen molar-refractivity contribution in [3.05, 3.63) is 29.3 Å². The van der Waals surface area contributed by atoms with Crippen molar-refractivity contribution in [2.75, 3.05) is 45.5 Å². The van der Waals surface area contributed by atoms with Crippen LogP contribution in [0.3, 0.4) is 0 Å². The van der Waals surface area contributed by atoms with Gasteiger partial charge in [0, 0.05) is 20.6 Å². The molecule has 8 atom stereocenters. The number of imidazole rings is 2. The van der Waals surface area contributed by atoms with Gasteiger partial charge >= 0.3 is 6.72 Å². The van der Waals surface area contributed by atoms with Crippen LogP contribution >= 0.6 is 6.72 Å². The zero-order valence-corrected chi connectivity index (χ0v) is 26.9. The molecule has 2 aliphatic rings. The van der Waals surface area contributed by atoms with Gasteiger partial charge in [0.15, 0.2) is 28.9 Å². The molecule has 6 rings (SSSR count). The molecule has 2 aliphatic heterocycles. The molecule has 4 aromatic heterocycles. The Labute approximate surface area is 266 Å². The molecule has 0 bridgehead atoms. The van der Waals surface area contributed by atoms with Crippen molar-refractivity contribution in [2.45, 2.75) is 62.7 Å². The Bertz CT molecular complexity index is 1790. The Morgan fingerprint density at radius 3 is 2.61 bits per heavy atom. The molecule has 0 aromatic carbocycles. The summed E-state index contributed by atoms with van der Waals surface area (Å²) in [5.74, 6) is 0.172. The third-order valence-corrected chi connectivity index (χ3v) is 9.42. The number of nitrogen functional groups attached to an aromatic ring is 2. The van der Waals surface area contributed by atoms with E-state index in [9.17, 15) is 9.69 Å². The van der Waals surface area contributed by atoms with E-state index in [1.807, 2.05) is 6.92 Å². The average molecular weight is 683 g/mol. The number of methoxy groups -OCH3 is 2. The zero-order chi connectivity index (χ0) is 32.6. The summed E-state index contributed by atoms with van der Waals surface area (Å²) in [7, 11) is 3.05. The van der Waals surface area contributed by atoms with E-state index in [1.165, 1.54) is 24.3 Å². The van der Waals surface area contributed by atoms with Crippen molar-refractivity contribution in [2.24, 2.45) is 0 Å². The number of aromatic nitrogens is 8. The number of nitrogens with one attached hydrogen (secondary N) is 1. The average Bonchev–Trinajstić information content (AvgIpc) is 3.80. The van der Waals surface area contributed by atoms with E-state index in [-0.39, 0.29) is 36.1 Å². The van der Waals surface area contributed by atoms with Crippen molar-refractivity contribution in [1.82, 2.24) is 39.0 Å². The molecule has 2 saturated heterocycles. The minimum atomic E-state index is -3.83. The van der Waals surface area contributed by atoms with Gasteiger partial charge in [-0.25, -0.2) is 19.9 Å². The molecule has 0 radical (unpaired) electrons. The minimum Gasteiger partial charge on any atom is -0.382 e. The first-order chi connectivity index (χ1) is 22.1. The predicted molar refractivity (Wildman–Crippen MR) is 165 cm³/mol. The van der Waals surface area contributed by atoms with Crippen LogP contribution < -0.4 is 17.0 Å². The van der Waals surface area contributed by atoms with E-state index in [0.29, 0.717) is 30.6 Å². The third kappa shape index (κ3) is 6.37. The number of nitrogens with zero attached hydrogens (tertiary/aromatic N) is 7. The van der Waals surface area contributed by atoms with Crippen LogP contribution in [0.4, 0.5) is 11.8 Å². The van der Waals surface area contributed by atoms with Crippen molar-refractivity contribution >= 4 is 52.6 Å². The fourth-order valence-corrected chi connectivity index (χ4v) is 7.19. The van der Waals surface area contributed by atoms with Gasteiger partial charge in [-0.1, -0.05) is 6.92 Å². The van der Waals surface area contributed by atoms with Gasteiger partial charge in [-0.2, -0.15) is 4.98 Å². The Hall–Kier alpha value is -3.17. The van der Waals surface area contributed by atoms with Crippen molar-refractivity contribution in [3.8, 4) is 0 Å². The minimum absolute atomic E-state index is 0.0727. The van der Waals surface area contributed by atoms with Gasteiger partial charge in [0.05, 0.1) is 44.7 Å². The number of H-pyrrole nitrogens is 1. The lowest BCUT2D eigenvalue weighted by molar-refractivity contribution is -0.0816. The molecule has 250 valence electrons. The second-order valence-electron chi connectivity index (χ2n) is 10.6. The number of fused-ring (bicyclic) bond motifs is 2. The number of hydrogen-bond acceptors (Lipinski definition) is 16. The monoisotopic (exact) mass is 682 g/mol. The van der Waals surface area contributed by atoms with E-state index in [4.69, 9.17) is 56.0 Å². The van der Waals surface area contributed by atoms with E-state index in [2.05, 4.69) is 29.9 Å². The maximum absolute atomic E-state index is 12.4. The van der Waals surface area contributed by atoms with Gasteiger partial charge in [0.1, 0.15) is 36.4 Å². The Morgan fingerprint density at radius 1 is 1.07 bits per heavy atom. The highest BCUT2D eigenvalue weighted by Crippen LogP contribution is 2.50. The van der Waals surface area contributed by atoms with Crippen LogP contribution in [0, 0.1) is 0 Å². The quantitative estimate of drug-likeness (QED) is 0.110. The standard InChI is InChI=1S/C25H35N10O9PS/c1-4-12-13(7-15(42-12)34-10-30-16-20(26)28-9-29-21(16)34)44-45(37,46)41-8-14-18(39-3)19(40-6-5-38-2)24(43-14)35-11-31-17-22(35)32-25(27)33-23(17)36/h9-15,18-19,24H,4-8H2,1-3H3,(H,37,46)(H2,26,28,29)(H3,27,32,33,36). The van der Waals surface area contributed by atoms with Crippen LogP contribution in [-0.4, -0.2) is 108 Å². The normalized spacial score (nSPS) is 28.0. The molecule has 6 heterocycles. The fraction of sp³-hybridized carbons (Fsp3) is 0.600. The number of anilines is 2. The molecule has 0 saturated carbocycles. The third-order valence-electron chi connectivity index (χ3n) is 7.83. The summed E-state index contributed by atoms with van der Waals surface area (Å²) < 4.78 is 44.7. The summed E-state index contributed by atoms with van der Waals surface area (Å²) in [6.07, 6.45) is 0.736. The zero-order valence-electron chi connectivity index (χ0n) is 25.2. The summed E-state index contributed by atoms with van der Waals surface area (Å²) in [6, 6.07) is 0. The molecule has 19 nitrogen and oxygen atoms in total. The predicted octanol–water partition coefficient (Wildman–Crippen LogP) is 0.384. The molecule has 0 spiro atoms. The Balaban J connectivity index is 1.17. The summed E-state index contributed by atoms with van der Waals surface area (Å²) in [5.41, 5.74) is 12.5. The summed E-state index contributed by atoms with van der Waals surface area (Å²) in [6.45, 7) is -1.57. The van der Waals surface area contributed by atoms with Gasteiger partial charge in [-0.05, 0) is 18.2 Å². The lowest BCUT2D eigenvalue weighted by Crippen LogP contribution is -2.38. The van der Waals surface area contributed by atoms with Crippen LogP contribution in [0.1, 0.15) is 32.2 Å². The highest BCUT2D eigenvalue weighted by molar-refractivity contribution is 8.07. The lowest BCUT2D eigenvalue weighted by atomic mass is 10.1. The van der Waals surface area contributed by atoms with Crippen LogP contribution in [0.2, 0.25) is 0 Å². The molecule has 6 N–H and O–H groups in total. The van der Waals surface area contributed by atoms with E-state index >= 15 is 0 Å². The van der Waals surface area contributed by atoms with Gasteiger partial charge in [0.2, 0.25) is 5.95 Å². The first-order valence-electron chi connectivity index (χ1n) is 14.4. The lowest BCUT2D eigenvalue weighted by Gasteiger charge is -2.25. The highest BCUT2D eigenvalue weighted by atomic mass is 32.5. The molecule has 8 unspecified atom stereocenters. The first kappa shape index (κ1) is 32.8. The SMILES string of the molecule is CCC1OC(n2cnc3c(N)ncnc32)CC1OP(O)(=S)OCC1OC(n2cnc3c(=O)[nH]c(N)nc32)C(OCCOC)C1OC. The number of aromatic amines is 1.